The zero-order valence-corrected chi connectivity index (χ0v) is 13.5. The number of nitrogens with one attached hydrogen (secondary N) is 1. The Morgan fingerprint density at radius 2 is 2.12 bits per heavy atom. The Kier molecular flexibility index (Phi) is 6.47. The Balaban J connectivity index is 2.15. The third kappa shape index (κ3) is 5.31. The lowest BCUT2D eigenvalue weighted by Gasteiger charge is -2.12. The van der Waals surface area contributed by atoms with E-state index in [0.717, 1.165) is 0 Å². The van der Waals surface area contributed by atoms with E-state index in [-0.39, 0.29) is 5.75 Å². The summed E-state index contributed by atoms with van der Waals surface area (Å²) in [4.78, 5) is 26.5. The van der Waals surface area contributed by atoms with Crippen molar-refractivity contribution in [2.45, 2.75) is 6.92 Å². The number of carboxylic acids is 1. The monoisotopic (exact) mass is 343 g/mol. The normalized spacial score (nSPS) is 10.4. The quantitative estimate of drug-likeness (QED) is 0.558. The number of carboxylic acid groups (broad SMARTS) is 1. The molecule has 2 N–H and O–H groups in total. The third-order valence-corrected chi connectivity index (χ3v) is 2.94. The van der Waals surface area contributed by atoms with Crippen molar-refractivity contribution in [3.63, 3.8) is 0 Å². The molecule has 0 unspecified atom stereocenters. The number of pyridine rings is 1. The summed E-state index contributed by atoms with van der Waals surface area (Å²) in [6.45, 7) is 1.67. The van der Waals surface area contributed by atoms with Crippen molar-refractivity contribution in [3.8, 4) is 11.5 Å². The number of nitrogens with zero attached hydrogens (tertiary/aromatic N) is 2. The van der Waals surface area contributed by atoms with Crippen LogP contribution in [-0.2, 0) is 4.79 Å². The molecule has 0 atom stereocenters. The molecule has 0 fully saturated rings. The molecule has 130 valence electrons. The van der Waals surface area contributed by atoms with Gasteiger partial charge in [0.1, 0.15) is 0 Å². The molecule has 0 bridgehead atoms. The smallest absolute Gasteiger partial charge is 0.341 e. The summed E-state index contributed by atoms with van der Waals surface area (Å²) in [6, 6.07) is 8.28. The number of aliphatic carboxylic acids is 1. The molecule has 8 nitrogen and oxygen atoms in total. The number of hydrazone groups is 1. The van der Waals surface area contributed by atoms with E-state index in [1.807, 2.05) is 0 Å². The molecule has 0 aliphatic rings. The van der Waals surface area contributed by atoms with Crippen LogP contribution >= 0.6 is 0 Å². The van der Waals surface area contributed by atoms with Gasteiger partial charge in [0.25, 0.3) is 5.91 Å². The zero-order chi connectivity index (χ0) is 18.1. The summed E-state index contributed by atoms with van der Waals surface area (Å²) in [5, 5.41) is 12.7. The lowest BCUT2D eigenvalue weighted by atomic mass is 10.2. The molecule has 0 saturated heterocycles. The van der Waals surface area contributed by atoms with E-state index in [4.69, 9.17) is 14.6 Å². The average Bonchev–Trinajstić information content (AvgIpc) is 2.62. The minimum absolute atomic E-state index is 0.242. The van der Waals surface area contributed by atoms with Crippen molar-refractivity contribution < 1.29 is 24.2 Å². The summed E-state index contributed by atoms with van der Waals surface area (Å²) in [6.07, 6.45) is 4.33. The van der Waals surface area contributed by atoms with Crippen LogP contribution in [0.5, 0.6) is 11.5 Å². The maximum Gasteiger partial charge on any atom is 0.341 e. The molecule has 25 heavy (non-hydrogen) atoms. The lowest BCUT2D eigenvalue weighted by molar-refractivity contribution is -0.139. The number of ether oxygens (including phenoxy) is 2. The van der Waals surface area contributed by atoms with Crippen LogP contribution in [0.2, 0.25) is 0 Å². The van der Waals surface area contributed by atoms with Crippen molar-refractivity contribution in [2.24, 2.45) is 5.10 Å². The van der Waals surface area contributed by atoms with Crippen LogP contribution in [0.3, 0.4) is 0 Å². The number of amides is 1. The SMILES string of the molecule is CCOc1cccc(/C=N\NC(=O)c2cccnc2)c1OCC(=O)O. The number of rotatable bonds is 8. The van der Waals surface area contributed by atoms with Crippen LogP contribution in [0.4, 0.5) is 0 Å². The number of carbonyl (C=O) groups excluding carboxylic acids is 1. The van der Waals surface area contributed by atoms with Crippen LogP contribution in [0.25, 0.3) is 0 Å². The van der Waals surface area contributed by atoms with Gasteiger partial charge in [-0.3, -0.25) is 9.78 Å². The number of para-hydroxylation sites is 1. The van der Waals surface area contributed by atoms with Gasteiger partial charge in [0.2, 0.25) is 0 Å². The van der Waals surface area contributed by atoms with E-state index >= 15 is 0 Å². The molecule has 1 aromatic carbocycles. The number of carbonyl (C=O) groups is 2. The van der Waals surface area contributed by atoms with E-state index in [2.05, 4.69) is 15.5 Å². The molecule has 0 aliphatic carbocycles. The summed E-state index contributed by atoms with van der Waals surface area (Å²) in [7, 11) is 0. The van der Waals surface area contributed by atoms with Gasteiger partial charge in [-0.05, 0) is 31.2 Å². The second-order valence-electron chi connectivity index (χ2n) is 4.73. The molecule has 2 aromatic rings. The van der Waals surface area contributed by atoms with Gasteiger partial charge in [-0.25, -0.2) is 10.2 Å². The average molecular weight is 343 g/mol. The predicted octanol–water partition coefficient (Wildman–Crippen LogP) is 1.71. The topological polar surface area (TPSA) is 110 Å². The maximum atomic E-state index is 11.9. The second kappa shape index (κ2) is 9.02. The second-order valence-corrected chi connectivity index (χ2v) is 4.73. The first-order valence-electron chi connectivity index (χ1n) is 7.45. The van der Waals surface area contributed by atoms with Crippen molar-refractivity contribution in [1.29, 1.82) is 0 Å². The molecule has 8 heteroatoms. The molecule has 0 saturated carbocycles. The van der Waals surface area contributed by atoms with Crippen LogP contribution in [0, 0.1) is 0 Å². The zero-order valence-electron chi connectivity index (χ0n) is 13.5. The van der Waals surface area contributed by atoms with Crippen molar-refractivity contribution >= 4 is 18.1 Å². The molecule has 2 rings (SSSR count). The van der Waals surface area contributed by atoms with E-state index in [9.17, 15) is 9.59 Å². The number of hydrogen-bond acceptors (Lipinski definition) is 6. The third-order valence-electron chi connectivity index (χ3n) is 2.94. The van der Waals surface area contributed by atoms with E-state index in [1.165, 1.54) is 12.4 Å². The van der Waals surface area contributed by atoms with Gasteiger partial charge in [0, 0.05) is 18.0 Å². The van der Waals surface area contributed by atoms with Crippen molar-refractivity contribution in [1.82, 2.24) is 10.4 Å². The first-order valence-corrected chi connectivity index (χ1v) is 7.45. The Labute approximate surface area is 144 Å². The van der Waals surface area contributed by atoms with Crippen LogP contribution in [0.15, 0.2) is 47.8 Å². The van der Waals surface area contributed by atoms with E-state index in [0.29, 0.717) is 23.5 Å². The fourth-order valence-corrected chi connectivity index (χ4v) is 1.91. The summed E-state index contributed by atoms with van der Waals surface area (Å²) in [5.74, 6) is -0.894. The molecular weight excluding hydrogens is 326 g/mol. The van der Waals surface area contributed by atoms with Crippen LogP contribution in [0.1, 0.15) is 22.8 Å². The molecule has 1 heterocycles. The first kappa shape index (κ1) is 17.9. The van der Waals surface area contributed by atoms with Gasteiger partial charge in [-0.2, -0.15) is 5.10 Å². The van der Waals surface area contributed by atoms with E-state index in [1.54, 1.807) is 43.5 Å². The fraction of sp³-hybridized carbons (Fsp3) is 0.176. The number of aromatic nitrogens is 1. The van der Waals surface area contributed by atoms with Gasteiger partial charge >= 0.3 is 5.97 Å². The molecular formula is C17H17N3O5. The molecule has 0 radical (unpaired) electrons. The highest BCUT2D eigenvalue weighted by Gasteiger charge is 2.12. The minimum Gasteiger partial charge on any atom is -0.490 e. The van der Waals surface area contributed by atoms with Crippen LogP contribution in [-0.4, -0.2) is 41.4 Å². The Bertz CT molecular complexity index is 762. The van der Waals surface area contributed by atoms with E-state index < -0.39 is 18.5 Å². The van der Waals surface area contributed by atoms with Crippen molar-refractivity contribution in [2.75, 3.05) is 13.2 Å². The highest BCUT2D eigenvalue weighted by atomic mass is 16.5. The Morgan fingerprint density at radius 1 is 1.28 bits per heavy atom. The fourth-order valence-electron chi connectivity index (χ4n) is 1.91. The number of hydrogen-bond donors (Lipinski definition) is 2. The van der Waals surface area contributed by atoms with Crippen LogP contribution < -0.4 is 14.9 Å². The highest BCUT2D eigenvalue weighted by molar-refractivity contribution is 5.94. The summed E-state index contributed by atoms with van der Waals surface area (Å²) < 4.78 is 10.7. The first-order chi connectivity index (χ1) is 12.1. The largest absolute Gasteiger partial charge is 0.490 e. The lowest BCUT2D eigenvalue weighted by Crippen LogP contribution is -2.18. The number of benzene rings is 1. The summed E-state index contributed by atoms with van der Waals surface area (Å²) in [5.41, 5.74) is 3.21. The van der Waals surface area contributed by atoms with Crippen molar-refractivity contribution in [3.05, 3.63) is 53.9 Å². The highest BCUT2D eigenvalue weighted by Crippen LogP contribution is 2.30. The summed E-state index contributed by atoms with van der Waals surface area (Å²) >= 11 is 0. The van der Waals surface area contributed by atoms with Gasteiger partial charge < -0.3 is 14.6 Å². The molecule has 0 spiro atoms. The minimum atomic E-state index is -1.11. The standard InChI is InChI=1S/C17H17N3O5/c1-2-24-14-7-3-5-12(16(14)25-11-15(21)22)10-19-20-17(23)13-6-4-8-18-9-13/h3-10H,2,11H2,1H3,(H,20,23)(H,21,22)/b19-10-. The van der Waals surface area contributed by atoms with Gasteiger partial charge in [-0.15, -0.1) is 0 Å². The molecule has 1 aromatic heterocycles. The predicted molar refractivity (Wildman–Crippen MR) is 90.0 cm³/mol. The van der Waals surface area contributed by atoms with Gasteiger partial charge in [0.05, 0.1) is 18.4 Å². The van der Waals surface area contributed by atoms with Gasteiger partial charge in [-0.1, -0.05) is 6.07 Å². The molecule has 0 aliphatic heterocycles. The van der Waals surface area contributed by atoms with Gasteiger partial charge in [0.15, 0.2) is 18.1 Å². The maximum absolute atomic E-state index is 11.9. The Morgan fingerprint density at radius 3 is 2.80 bits per heavy atom. The molecule has 1 amide bonds. The Hall–Kier alpha value is -3.42.